The van der Waals surface area contributed by atoms with Crippen molar-refractivity contribution in [2.45, 2.75) is 11.3 Å². The second-order valence-electron chi connectivity index (χ2n) is 3.48. The molecule has 0 saturated carbocycles. The largest absolute Gasteiger partial charge is 0.384 e. The van der Waals surface area contributed by atoms with Crippen LogP contribution < -0.4 is 10.5 Å². The summed E-state index contributed by atoms with van der Waals surface area (Å²) in [6.45, 7) is 0.172. The summed E-state index contributed by atoms with van der Waals surface area (Å²) in [6.07, 6.45) is 0.0249. The molecule has 1 aromatic rings. The molecule has 1 rings (SSSR count). The Labute approximate surface area is 104 Å². The third-order valence-electron chi connectivity index (χ3n) is 2.06. The Bertz CT molecular complexity index is 545. The molecule has 100 valence electrons. The first kappa shape index (κ1) is 14.6. The van der Waals surface area contributed by atoms with Gasteiger partial charge in [-0.15, -0.1) is 0 Å². The van der Waals surface area contributed by atoms with Gasteiger partial charge in [0.1, 0.15) is 10.7 Å². The molecule has 0 aliphatic carbocycles. The Morgan fingerprint density at radius 3 is 2.72 bits per heavy atom. The molecule has 6 nitrogen and oxygen atoms in total. The van der Waals surface area contributed by atoms with Gasteiger partial charge < -0.3 is 10.1 Å². The van der Waals surface area contributed by atoms with Crippen LogP contribution in [-0.4, -0.2) is 28.0 Å². The number of nitrogens with one attached hydrogen (secondary N) is 1. The summed E-state index contributed by atoms with van der Waals surface area (Å²) >= 11 is 0. The van der Waals surface area contributed by atoms with Crippen LogP contribution >= 0.6 is 0 Å². The lowest BCUT2D eigenvalue weighted by Crippen LogP contribution is -2.19. The first-order valence-corrected chi connectivity index (χ1v) is 6.50. The maximum atomic E-state index is 13.0. The van der Waals surface area contributed by atoms with Gasteiger partial charge in [-0.05, 0) is 18.2 Å². The van der Waals surface area contributed by atoms with E-state index in [2.05, 4.69) is 5.32 Å². The molecule has 3 N–H and O–H groups in total. The molecule has 0 aliphatic rings. The standard InChI is InChI=1S/C10H13FN2O4S/c1-17-5-4-10(14)13-8-6-7(11)2-3-9(8)18(12,15)16/h2-3,6H,4-5H2,1H3,(H,13,14)(H2,12,15,16). The van der Waals surface area contributed by atoms with Gasteiger partial charge in [0.15, 0.2) is 0 Å². The molecule has 8 heteroatoms. The average molecular weight is 276 g/mol. The summed E-state index contributed by atoms with van der Waals surface area (Å²) in [5, 5.41) is 7.23. The van der Waals surface area contributed by atoms with Crippen molar-refractivity contribution in [1.29, 1.82) is 0 Å². The first-order valence-electron chi connectivity index (χ1n) is 4.95. The van der Waals surface area contributed by atoms with Crippen molar-refractivity contribution in [2.24, 2.45) is 5.14 Å². The highest BCUT2D eigenvalue weighted by Gasteiger charge is 2.16. The maximum Gasteiger partial charge on any atom is 0.240 e. The third kappa shape index (κ3) is 4.06. The first-order chi connectivity index (χ1) is 8.34. The van der Waals surface area contributed by atoms with E-state index in [9.17, 15) is 17.6 Å². The minimum atomic E-state index is -4.03. The quantitative estimate of drug-likeness (QED) is 0.815. The Morgan fingerprint density at radius 2 is 2.17 bits per heavy atom. The van der Waals surface area contributed by atoms with Gasteiger partial charge in [0.25, 0.3) is 0 Å². The average Bonchev–Trinajstić information content (AvgIpc) is 2.24. The SMILES string of the molecule is COCCC(=O)Nc1cc(F)ccc1S(N)(=O)=O. The van der Waals surface area contributed by atoms with E-state index in [1.807, 2.05) is 0 Å². The number of primary sulfonamides is 1. The van der Waals surface area contributed by atoms with Gasteiger partial charge in [-0.1, -0.05) is 0 Å². The Hall–Kier alpha value is -1.51. The number of nitrogens with two attached hydrogens (primary N) is 1. The Kier molecular flexibility index (Phi) is 4.76. The summed E-state index contributed by atoms with van der Waals surface area (Å²) in [7, 11) is -2.61. The minimum absolute atomic E-state index is 0.0249. The zero-order valence-corrected chi connectivity index (χ0v) is 10.5. The predicted octanol–water partition coefficient (Wildman–Crippen LogP) is 0.448. The number of rotatable bonds is 5. The fourth-order valence-corrected chi connectivity index (χ4v) is 1.93. The fourth-order valence-electron chi connectivity index (χ4n) is 1.26. The molecule has 0 heterocycles. The van der Waals surface area contributed by atoms with Crippen LogP contribution in [0.25, 0.3) is 0 Å². The van der Waals surface area contributed by atoms with Crippen LogP contribution in [0.3, 0.4) is 0 Å². The Balaban J connectivity index is 3.00. The van der Waals surface area contributed by atoms with Crippen LogP contribution in [0.5, 0.6) is 0 Å². The number of anilines is 1. The van der Waals surface area contributed by atoms with Crippen LogP contribution in [0.1, 0.15) is 6.42 Å². The zero-order chi connectivity index (χ0) is 13.8. The molecule has 0 saturated heterocycles. The summed E-state index contributed by atoms with van der Waals surface area (Å²) < 4.78 is 40.2. The summed E-state index contributed by atoms with van der Waals surface area (Å²) in [4.78, 5) is 11.1. The highest BCUT2D eigenvalue weighted by Crippen LogP contribution is 2.21. The van der Waals surface area contributed by atoms with E-state index < -0.39 is 21.7 Å². The molecule has 0 aromatic heterocycles. The molecule has 0 fully saturated rings. The van der Waals surface area contributed by atoms with Gasteiger partial charge in [0.05, 0.1) is 18.7 Å². The van der Waals surface area contributed by atoms with E-state index >= 15 is 0 Å². The number of carbonyl (C=O) groups is 1. The van der Waals surface area contributed by atoms with E-state index in [0.29, 0.717) is 0 Å². The van der Waals surface area contributed by atoms with Crippen molar-refractivity contribution >= 4 is 21.6 Å². The molecule has 0 unspecified atom stereocenters. The van der Waals surface area contributed by atoms with Gasteiger partial charge in [0, 0.05) is 7.11 Å². The second kappa shape index (κ2) is 5.89. The number of amides is 1. The van der Waals surface area contributed by atoms with Crippen LogP contribution in [0, 0.1) is 5.82 Å². The van der Waals surface area contributed by atoms with E-state index in [4.69, 9.17) is 9.88 Å². The van der Waals surface area contributed by atoms with E-state index in [-0.39, 0.29) is 23.6 Å². The van der Waals surface area contributed by atoms with Crippen LogP contribution in [-0.2, 0) is 19.6 Å². The van der Waals surface area contributed by atoms with Crippen molar-refractivity contribution in [3.05, 3.63) is 24.0 Å². The third-order valence-corrected chi connectivity index (χ3v) is 3.02. The molecule has 0 radical (unpaired) electrons. The molecule has 0 spiro atoms. The molecule has 0 atom stereocenters. The van der Waals surface area contributed by atoms with Gasteiger partial charge in [0.2, 0.25) is 15.9 Å². The number of methoxy groups -OCH3 is 1. The molecule has 18 heavy (non-hydrogen) atoms. The number of carbonyl (C=O) groups excluding carboxylic acids is 1. The minimum Gasteiger partial charge on any atom is -0.384 e. The van der Waals surface area contributed by atoms with E-state index in [1.165, 1.54) is 7.11 Å². The molecule has 0 bridgehead atoms. The van der Waals surface area contributed by atoms with Crippen molar-refractivity contribution in [1.82, 2.24) is 0 Å². The summed E-state index contributed by atoms with van der Waals surface area (Å²) in [5.74, 6) is -1.17. The second-order valence-corrected chi connectivity index (χ2v) is 5.01. The van der Waals surface area contributed by atoms with Crippen LogP contribution in [0.15, 0.2) is 23.1 Å². The van der Waals surface area contributed by atoms with Gasteiger partial charge >= 0.3 is 0 Å². The van der Waals surface area contributed by atoms with Crippen molar-refractivity contribution < 1.29 is 22.3 Å². The van der Waals surface area contributed by atoms with Gasteiger partial charge in [-0.25, -0.2) is 17.9 Å². The molecular weight excluding hydrogens is 263 g/mol. The smallest absolute Gasteiger partial charge is 0.240 e. The number of ether oxygens (including phenoxy) is 1. The van der Waals surface area contributed by atoms with E-state index in [1.54, 1.807) is 0 Å². The molecular formula is C10H13FN2O4S. The lowest BCUT2D eigenvalue weighted by Gasteiger charge is -2.09. The monoisotopic (exact) mass is 276 g/mol. The van der Waals surface area contributed by atoms with Crippen molar-refractivity contribution in [3.8, 4) is 0 Å². The highest BCUT2D eigenvalue weighted by atomic mass is 32.2. The Morgan fingerprint density at radius 1 is 1.50 bits per heavy atom. The summed E-state index contributed by atoms with van der Waals surface area (Å²) in [6, 6.07) is 2.84. The number of halogens is 1. The van der Waals surface area contributed by atoms with Gasteiger partial charge in [-0.3, -0.25) is 4.79 Å². The topological polar surface area (TPSA) is 98.5 Å². The van der Waals surface area contributed by atoms with Crippen LogP contribution in [0.2, 0.25) is 0 Å². The molecule has 1 aromatic carbocycles. The lowest BCUT2D eigenvalue weighted by atomic mass is 10.3. The highest BCUT2D eigenvalue weighted by molar-refractivity contribution is 7.89. The maximum absolute atomic E-state index is 13.0. The van der Waals surface area contributed by atoms with Crippen molar-refractivity contribution in [3.63, 3.8) is 0 Å². The normalized spacial score (nSPS) is 11.3. The van der Waals surface area contributed by atoms with Crippen LogP contribution in [0.4, 0.5) is 10.1 Å². The van der Waals surface area contributed by atoms with E-state index in [0.717, 1.165) is 18.2 Å². The lowest BCUT2D eigenvalue weighted by molar-refractivity contribution is -0.117. The molecule has 1 amide bonds. The van der Waals surface area contributed by atoms with Gasteiger partial charge in [-0.2, -0.15) is 0 Å². The fraction of sp³-hybridized carbons (Fsp3) is 0.300. The predicted molar refractivity (Wildman–Crippen MR) is 62.9 cm³/mol. The zero-order valence-electron chi connectivity index (χ0n) is 9.64. The number of sulfonamides is 1. The summed E-state index contributed by atoms with van der Waals surface area (Å²) in [5.41, 5.74) is -0.182. The molecule has 0 aliphatic heterocycles. The number of benzene rings is 1. The number of hydrogen-bond acceptors (Lipinski definition) is 4. The van der Waals surface area contributed by atoms with Crippen molar-refractivity contribution in [2.75, 3.05) is 19.0 Å². The number of hydrogen-bond donors (Lipinski definition) is 2.